The van der Waals surface area contributed by atoms with Crippen LogP contribution in [0.15, 0.2) is 53.6 Å². The Morgan fingerprint density at radius 3 is 2.13 bits per heavy atom. The Balaban J connectivity index is 2.18. The molecule has 118 valence electrons. The molecule has 0 aliphatic rings. The maximum absolute atomic E-state index is 13.1. The number of benzene rings is 2. The van der Waals surface area contributed by atoms with Gasteiger partial charge in [-0.3, -0.25) is 0 Å². The summed E-state index contributed by atoms with van der Waals surface area (Å²) in [6.07, 6.45) is 0. The minimum atomic E-state index is -4.01. The Hall–Kier alpha value is -1.76. The summed E-state index contributed by atoms with van der Waals surface area (Å²) >= 11 is 1.21. The molecule has 1 heterocycles. The van der Waals surface area contributed by atoms with E-state index in [0.29, 0.717) is 15.4 Å². The Morgan fingerprint density at radius 1 is 1.00 bits per heavy atom. The smallest absolute Gasteiger partial charge is 0.223 e. The van der Waals surface area contributed by atoms with Gasteiger partial charge in [-0.2, -0.15) is 0 Å². The van der Waals surface area contributed by atoms with Gasteiger partial charge in [-0.15, -0.1) is 11.3 Å². The largest absolute Gasteiger partial charge is 0.280 e. The lowest BCUT2D eigenvalue weighted by Gasteiger charge is -1.99. The van der Waals surface area contributed by atoms with Crippen LogP contribution >= 0.6 is 22.0 Å². The molecule has 23 heavy (non-hydrogen) atoms. The van der Waals surface area contributed by atoms with Crippen LogP contribution in [0.1, 0.15) is 5.56 Å². The third kappa shape index (κ3) is 3.44. The van der Waals surface area contributed by atoms with Crippen molar-refractivity contribution in [1.29, 1.82) is 0 Å². The average molecular weight is 368 g/mol. The third-order valence-electron chi connectivity index (χ3n) is 3.23. The van der Waals surface area contributed by atoms with E-state index in [1.54, 1.807) is 0 Å². The van der Waals surface area contributed by atoms with E-state index in [-0.39, 0.29) is 5.03 Å². The van der Waals surface area contributed by atoms with Gasteiger partial charge in [0, 0.05) is 16.2 Å². The lowest BCUT2D eigenvalue weighted by atomic mass is 10.2. The standard InChI is InChI=1S/C16H11ClFNO2S2/c1-10-2-4-12(5-3-10)15-19-16(23(17,20)21)14(22-15)11-6-8-13(18)9-7-11/h2-9H,1H3. The second-order valence-electron chi connectivity index (χ2n) is 4.96. The van der Waals surface area contributed by atoms with Crippen LogP contribution in [0.3, 0.4) is 0 Å². The number of hydrogen-bond acceptors (Lipinski definition) is 4. The van der Waals surface area contributed by atoms with Gasteiger partial charge >= 0.3 is 0 Å². The molecule has 0 fully saturated rings. The summed E-state index contributed by atoms with van der Waals surface area (Å²) in [6.45, 7) is 1.96. The van der Waals surface area contributed by atoms with Crippen molar-refractivity contribution >= 4 is 31.1 Å². The summed E-state index contributed by atoms with van der Waals surface area (Å²) in [5.41, 5.74) is 2.45. The predicted molar refractivity (Wildman–Crippen MR) is 90.7 cm³/mol. The number of thiazole rings is 1. The average Bonchev–Trinajstić information content (AvgIpc) is 2.94. The molecule has 0 spiro atoms. The molecule has 7 heteroatoms. The molecule has 3 aromatic rings. The minimum absolute atomic E-state index is 0.202. The van der Waals surface area contributed by atoms with E-state index < -0.39 is 14.9 Å². The molecule has 2 aromatic carbocycles. The molecule has 3 nitrogen and oxygen atoms in total. The predicted octanol–water partition coefficient (Wildman–Crippen LogP) is 4.85. The summed E-state index contributed by atoms with van der Waals surface area (Å²) in [7, 11) is 1.50. The van der Waals surface area contributed by atoms with Crippen LogP contribution in [0, 0.1) is 12.7 Å². The Labute approximate surface area is 141 Å². The van der Waals surface area contributed by atoms with Crippen molar-refractivity contribution in [2.24, 2.45) is 0 Å². The van der Waals surface area contributed by atoms with E-state index in [2.05, 4.69) is 4.98 Å². The van der Waals surface area contributed by atoms with Gasteiger partial charge in [0.15, 0.2) is 5.03 Å². The van der Waals surface area contributed by atoms with Crippen molar-refractivity contribution in [2.45, 2.75) is 11.9 Å². The molecular formula is C16H11ClFNO2S2. The van der Waals surface area contributed by atoms with Crippen LogP contribution in [0.25, 0.3) is 21.0 Å². The lowest BCUT2D eigenvalue weighted by Crippen LogP contribution is -1.93. The number of hydrogen-bond donors (Lipinski definition) is 0. The zero-order chi connectivity index (χ0) is 16.6. The van der Waals surface area contributed by atoms with Gasteiger partial charge in [0.25, 0.3) is 9.05 Å². The maximum Gasteiger partial charge on any atom is 0.280 e. The van der Waals surface area contributed by atoms with Crippen LogP contribution in [0.5, 0.6) is 0 Å². The molecule has 0 atom stereocenters. The third-order valence-corrected chi connectivity index (χ3v) is 5.71. The topological polar surface area (TPSA) is 47.0 Å². The summed E-state index contributed by atoms with van der Waals surface area (Å²) in [6, 6.07) is 13.1. The van der Waals surface area contributed by atoms with Crippen molar-refractivity contribution < 1.29 is 12.8 Å². The first-order valence-electron chi connectivity index (χ1n) is 6.63. The number of aromatic nitrogens is 1. The highest BCUT2D eigenvalue weighted by atomic mass is 35.7. The normalized spacial score (nSPS) is 11.6. The second kappa shape index (κ2) is 6.03. The van der Waals surface area contributed by atoms with Gasteiger partial charge in [-0.05, 0) is 24.6 Å². The van der Waals surface area contributed by atoms with Crippen molar-refractivity contribution in [3.63, 3.8) is 0 Å². The fraction of sp³-hybridized carbons (Fsp3) is 0.0625. The van der Waals surface area contributed by atoms with Crippen LogP contribution in [-0.2, 0) is 9.05 Å². The molecule has 0 N–H and O–H groups in total. The van der Waals surface area contributed by atoms with Gasteiger partial charge in [-0.1, -0.05) is 42.0 Å². The van der Waals surface area contributed by atoms with Gasteiger partial charge in [0.05, 0.1) is 4.88 Å². The summed E-state index contributed by atoms with van der Waals surface area (Å²) in [5, 5.41) is 0.342. The van der Waals surface area contributed by atoms with Crippen LogP contribution in [0.2, 0.25) is 0 Å². The van der Waals surface area contributed by atoms with Crippen LogP contribution in [-0.4, -0.2) is 13.4 Å². The molecule has 0 amide bonds. The number of halogens is 2. The zero-order valence-corrected chi connectivity index (χ0v) is 14.3. The Kier molecular flexibility index (Phi) is 4.23. The fourth-order valence-electron chi connectivity index (χ4n) is 2.07. The Bertz CT molecular complexity index is 949. The number of nitrogens with zero attached hydrogens (tertiary/aromatic N) is 1. The monoisotopic (exact) mass is 367 g/mol. The van der Waals surface area contributed by atoms with Gasteiger partial charge in [0.1, 0.15) is 10.8 Å². The van der Waals surface area contributed by atoms with E-state index in [1.807, 2.05) is 31.2 Å². The van der Waals surface area contributed by atoms with E-state index in [9.17, 15) is 12.8 Å². The second-order valence-corrected chi connectivity index (χ2v) is 8.44. The van der Waals surface area contributed by atoms with Crippen molar-refractivity contribution in [2.75, 3.05) is 0 Å². The first-order valence-corrected chi connectivity index (χ1v) is 9.75. The van der Waals surface area contributed by atoms with E-state index in [0.717, 1.165) is 11.1 Å². The molecule has 0 saturated heterocycles. The number of rotatable bonds is 3. The van der Waals surface area contributed by atoms with Gasteiger partial charge in [0.2, 0.25) is 0 Å². The fourth-order valence-corrected chi connectivity index (χ4v) is 4.57. The highest BCUT2D eigenvalue weighted by Crippen LogP contribution is 2.39. The highest BCUT2D eigenvalue weighted by molar-refractivity contribution is 8.13. The van der Waals surface area contributed by atoms with E-state index in [4.69, 9.17) is 10.7 Å². The summed E-state index contributed by atoms with van der Waals surface area (Å²) in [5.74, 6) is -0.396. The molecule has 0 unspecified atom stereocenters. The molecule has 0 aliphatic carbocycles. The van der Waals surface area contributed by atoms with Gasteiger partial charge < -0.3 is 0 Å². The van der Waals surface area contributed by atoms with E-state index in [1.165, 1.54) is 35.6 Å². The van der Waals surface area contributed by atoms with Crippen LogP contribution < -0.4 is 0 Å². The molecule has 0 aliphatic heterocycles. The summed E-state index contributed by atoms with van der Waals surface area (Å²) in [4.78, 5) is 4.58. The molecule has 0 radical (unpaired) electrons. The van der Waals surface area contributed by atoms with E-state index >= 15 is 0 Å². The quantitative estimate of drug-likeness (QED) is 0.621. The first kappa shape index (κ1) is 16.1. The highest BCUT2D eigenvalue weighted by Gasteiger charge is 2.23. The van der Waals surface area contributed by atoms with Crippen molar-refractivity contribution in [3.05, 3.63) is 59.9 Å². The van der Waals surface area contributed by atoms with Gasteiger partial charge in [-0.25, -0.2) is 17.8 Å². The van der Waals surface area contributed by atoms with Crippen LogP contribution in [0.4, 0.5) is 4.39 Å². The first-order chi connectivity index (χ1) is 10.8. The molecule has 0 saturated carbocycles. The molecule has 0 bridgehead atoms. The molecule has 3 rings (SSSR count). The maximum atomic E-state index is 13.1. The minimum Gasteiger partial charge on any atom is -0.223 e. The SMILES string of the molecule is Cc1ccc(-c2nc(S(=O)(=O)Cl)c(-c3ccc(F)cc3)s2)cc1. The van der Waals surface area contributed by atoms with Crippen molar-refractivity contribution in [1.82, 2.24) is 4.98 Å². The lowest BCUT2D eigenvalue weighted by molar-refractivity contribution is 0.607. The Morgan fingerprint density at radius 2 is 1.57 bits per heavy atom. The molecular weight excluding hydrogens is 357 g/mol. The number of aryl methyl sites for hydroxylation is 1. The van der Waals surface area contributed by atoms with Crippen molar-refractivity contribution in [3.8, 4) is 21.0 Å². The summed E-state index contributed by atoms with van der Waals surface area (Å²) < 4.78 is 36.7. The zero-order valence-electron chi connectivity index (χ0n) is 12.0. The molecule has 1 aromatic heterocycles.